The molecule has 0 aliphatic carbocycles. The minimum atomic E-state index is -0.663. The second-order valence-corrected chi connectivity index (χ2v) is 27.4. The van der Waals surface area contributed by atoms with E-state index in [-0.39, 0.29) is 18.5 Å². The summed E-state index contributed by atoms with van der Waals surface area (Å²) in [6.07, 6.45) is 96.9. The summed E-state index contributed by atoms with van der Waals surface area (Å²) in [6.45, 7) is 5.00. The van der Waals surface area contributed by atoms with Crippen molar-refractivity contribution in [1.29, 1.82) is 0 Å². The molecule has 1 amide bonds. The van der Waals surface area contributed by atoms with Gasteiger partial charge in [-0.15, -0.1) is 0 Å². The quantitative estimate of drug-likeness (QED) is 0.0320. The highest BCUT2D eigenvalue weighted by Gasteiger charge is 2.20. The Morgan fingerprint density at radius 1 is 0.314 bits per heavy atom. The van der Waals surface area contributed by atoms with Crippen molar-refractivity contribution in [1.82, 2.24) is 5.32 Å². The van der Waals surface area contributed by atoms with Crippen LogP contribution in [0.1, 0.15) is 450 Å². The smallest absolute Gasteiger partial charge is 0.305 e. The Morgan fingerprint density at radius 2 is 0.547 bits per heavy atom. The lowest BCUT2D eigenvalue weighted by Gasteiger charge is -2.22. The lowest BCUT2D eigenvalue weighted by atomic mass is 10.0. The van der Waals surface area contributed by atoms with Crippen molar-refractivity contribution in [3.05, 3.63) is 24.3 Å². The Kier molecular flexibility index (Phi) is 74.3. The van der Waals surface area contributed by atoms with Crippen molar-refractivity contribution < 1.29 is 24.5 Å². The molecule has 0 radical (unpaired) electrons. The number of aliphatic hydroxyl groups is 2. The van der Waals surface area contributed by atoms with Crippen LogP contribution in [-0.2, 0) is 14.3 Å². The standard InChI is InChI=1S/C80H155NO5/c1-3-5-7-9-11-13-15-17-19-21-37-40-44-48-52-56-60-64-68-72-78(83)77(76-82)81-79(84)73-69-65-61-57-53-49-45-41-38-35-33-31-29-27-25-23-24-26-28-30-32-34-36-39-43-47-51-55-59-63-67-71-75-86-80(85)74-70-66-62-58-54-50-46-42-22-20-18-16-14-12-10-8-6-4-2/h20,22,26,28,77-78,82-83H,3-19,21,23-25,27,29-76H2,1-2H3,(H,81,84)/b22-20-,28-26-. The van der Waals surface area contributed by atoms with E-state index >= 15 is 0 Å². The van der Waals surface area contributed by atoms with Crippen molar-refractivity contribution in [2.24, 2.45) is 0 Å². The van der Waals surface area contributed by atoms with Crippen LogP contribution in [0.4, 0.5) is 0 Å². The molecule has 6 heteroatoms. The summed E-state index contributed by atoms with van der Waals surface area (Å²) < 4.78 is 5.51. The first-order valence-electron chi connectivity index (χ1n) is 39.6. The monoisotopic (exact) mass is 1210 g/mol. The van der Waals surface area contributed by atoms with Gasteiger partial charge in [-0.3, -0.25) is 9.59 Å². The number of rotatable bonds is 75. The molecule has 0 heterocycles. The molecule has 0 saturated carbocycles. The molecule has 0 aromatic heterocycles. The zero-order valence-corrected chi connectivity index (χ0v) is 58.6. The molecule has 0 saturated heterocycles. The number of hydrogen-bond donors (Lipinski definition) is 3. The summed E-state index contributed by atoms with van der Waals surface area (Å²) in [7, 11) is 0. The number of carbonyl (C=O) groups is 2. The maximum atomic E-state index is 12.6. The molecule has 0 spiro atoms. The topological polar surface area (TPSA) is 95.9 Å². The van der Waals surface area contributed by atoms with E-state index in [1.807, 2.05) is 0 Å². The van der Waals surface area contributed by atoms with Crippen LogP contribution in [0.15, 0.2) is 24.3 Å². The zero-order valence-electron chi connectivity index (χ0n) is 58.6. The molecule has 0 aromatic rings. The predicted molar refractivity (Wildman–Crippen MR) is 380 cm³/mol. The number of amides is 1. The Bertz CT molecular complexity index is 1350. The Labute approximate surface area is 539 Å². The average molecular weight is 1210 g/mol. The van der Waals surface area contributed by atoms with E-state index in [0.29, 0.717) is 25.9 Å². The van der Waals surface area contributed by atoms with Crippen LogP contribution in [0, 0.1) is 0 Å². The molecule has 0 rings (SSSR count). The number of carbonyl (C=O) groups excluding carboxylic acids is 2. The van der Waals surface area contributed by atoms with Gasteiger partial charge >= 0.3 is 5.97 Å². The molecule has 6 nitrogen and oxygen atoms in total. The van der Waals surface area contributed by atoms with Gasteiger partial charge in [0.15, 0.2) is 0 Å². The molecular weight excluding hydrogens is 1050 g/mol. The third kappa shape index (κ3) is 71.4. The Balaban J connectivity index is 3.34. The number of esters is 1. The summed E-state index contributed by atoms with van der Waals surface area (Å²) >= 11 is 0. The lowest BCUT2D eigenvalue weighted by Crippen LogP contribution is -2.45. The molecular formula is C80H155NO5. The number of allylic oxidation sites excluding steroid dienone is 4. The van der Waals surface area contributed by atoms with Crippen molar-refractivity contribution in [2.45, 2.75) is 463 Å². The van der Waals surface area contributed by atoms with E-state index in [4.69, 9.17) is 4.74 Å². The highest BCUT2D eigenvalue weighted by atomic mass is 16.5. The van der Waals surface area contributed by atoms with Crippen LogP contribution >= 0.6 is 0 Å². The van der Waals surface area contributed by atoms with Crippen molar-refractivity contribution in [3.63, 3.8) is 0 Å². The van der Waals surface area contributed by atoms with Gasteiger partial charge in [-0.05, 0) is 77.0 Å². The molecule has 0 aliphatic rings. The van der Waals surface area contributed by atoms with E-state index < -0.39 is 12.1 Å². The van der Waals surface area contributed by atoms with E-state index in [9.17, 15) is 19.8 Å². The van der Waals surface area contributed by atoms with Gasteiger partial charge in [0, 0.05) is 12.8 Å². The van der Waals surface area contributed by atoms with Gasteiger partial charge in [-0.1, -0.05) is 385 Å². The fraction of sp³-hybridized carbons (Fsp3) is 0.925. The van der Waals surface area contributed by atoms with Crippen molar-refractivity contribution in [3.8, 4) is 0 Å². The van der Waals surface area contributed by atoms with Gasteiger partial charge < -0.3 is 20.3 Å². The number of aliphatic hydroxyl groups excluding tert-OH is 2. The molecule has 3 N–H and O–H groups in total. The molecule has 0 aliphatic heterocycles. The fourth-order valence-electron chi connectivity index (χ4n) is 12.7. The summed E-state index contributed by atoms with van der Waals surface area (Å²) in [6, 6.07) is -0.540. The lowest BCUT2D eigenvalue weighted by molar-refractivity contribution is -0.143. The van der Waals surface area contributed by atoms with Gasteiger partial charge in [0.2, 0.25) is 5.91 Å². The van der Waals surface area contributed by atoms with Gasteiger partial charge in [-0.2, -0.15) is 0 Å². The van der Waals surface area contributed by atoms with Crippen molar-refractivity contribution in [2.75, 3.05) is 13.2 Å². The normalized spacial score (nSPS) is 12.6. The van der Waals surface area contributed by atoms with Gasteiger partial charge in [0.1, 0.15) is 0 Å². The summed E-state index contributed by atoms with van der Waals surface area (Å²) in [4.78, 5) is 24.7. The first kappa shape index (κ1) is 84.3. The molecule has 510 valence electrons. The second-order valence-electron chi connectivity index (χ2n) is 27.4. The summed E-state index contributed by atoms with van der Waals surface area (Å²) in [5.41, 5.74) is 0. The van der Waals surface area contributed by atoms with Crippen LogP contribution in [0.25, 0.3) is 0 Å². The largest absolute Gasteiger partial charge is 0.466 e. The summed E-state index contributed by atoms with van der Waals surface area (Å²) in [5, 5.41) is 23.4. The predicted octanol–water partition coefficient (Wildman–Crippen LogP) is 26.0. The van der Waals surface area contributed by atoms with Gasteiger partial charge in [-0.25, -0.2) is 0 Å². The minimum Gasteiger partial charge on any atom is -0.466 e. The van der Waals surface area contributed by atoms with Crippen LogP contribution in [0.5, 0.6) is 0 Å². The first-order chi connectivity index (χ1) is 42.5. The molecule has 0 fully saturated rings. The van der Waals surface area contributed by atoms with Gasteiger partial charge in [0.25, 0.3) is 0 Å². The van der Waals surface area contributed by atoms with E-state index in [2.05, 4.69) is 43.5 Å². The molecule has 0 bridgehead atoms. The zero-order chi connectivity index (χ0) is 62.0. The highest BCUT2D eigenvalue weighted by molar-refractivity contribution is 5.76. The van der Waals surface area contributed by atoms with Crippen LogP contribution in [0.2, 0.25) is 0 Å². The third-order valence-electron chi connectivity index (χ3n) is 18.7. The number of ether oxygens (including phenoxy) is 1. The van der Waals surface area contributed by atoms with Crippen molar-refractivity contribution >= 4 is 11.9 Å². The Hall–Kier alpha value is -1.66. The summed E-state index contributed by atoms with van der Waals surface area (Å²) in [5.74, 6) is -0.0112. The van der Waals surface area contributed by atoms with E-state index in [0.717, 1.165) is 44.9 Å². The molecule has 0 aromatic carbocycles. The van der Waals surface area contributed by atoms with Gasteiger partial charge in [0.05, 0.1) is 25.4 Å². The highest BCUT2D eigenvalue weighted by Crippen LogP contribution is 2.20. The van der Waals surface area contributed by atoms with Crippen LogP contribution < -0.4 is 5.32 Å². The van der Waals surface area contributed by atoms with Crippen LogP contribution in [0.3, 0.4) is 0 Å². The average Bonchev–Trinajstić information content (AvgIpc) is 3.54. The number of hydrogen-bond acceptors (Lipinski definition) is 5. The van der Waals surface area contributed by atoms with Crippen LogP contribution in [-0.4, -0.2) is 47.4 Å². The molecule has 86 heavy (non-hydrogen) atoms. The molecule has 2 atom stereocenters. The van der Waals surface area contributed by atoms with E-state index in [1.54, 1.807) is 0 Å². The number of nitrogens with one attached hydrogen (secondary N) is 1. The fourth-order valence-corrected chi connectivity index (χ4v) is 12.7. The maximum Gasteiger partial charge on any atom is 0.305 e. The minimum absolute atomic E-state index is 0.0164. The van der Waals surface area contributed by atoms with E-state index in [1.165, 1.54) is 372 Å². The SMILES string of the molecule is CCCCCCCCC/C=C\CCCCCCCCCC(=O)OCCCCCCCCCCCCCC/C=C\CCCCCCCCCCCCCCCCCCC(=O)NC(CO)C(O)CCCCCCCCCCCCCCCCCCCCC. The maximum absolute atomic E-state index is 12.6. The second kappa shape index (κ2) is 75.8. The third-order valence-corrected chi connectivity index (χ3v) is 18.7. The first-order valence-corrected chi connectivity index (χ1v) is 39.6. The number of unbranched alkanes of at least 4 members (excludes halogenated alkanes) is 60. The molecule has 2 unspecified atom stereocenters. The Morgan fingerprint density at radius 3 is 0.826 bits per heavy atom.